The number of hydrogen-bond acceptors (Lipinski definition) is 5. The van der Waals surface area contributed by atoms with Gasteiger partial charge in [0.15, 0.2) is 0 Å². The van der Waals surface area contributed by atoms with Gasteiger partial charge in [0.1, 0.15) is 4.90 Å². The van der Waals surface area contributed by atoms with E-state index in [0.29, 0.717) is 0 Å². The highest BCUT2D eigenvalue weighted by molar-refractivity contribution is 7.89. The van der Waals surface area contributed by atoms with E-state index < -0.39 is 10.0 Å². The van der Waals surface area contributed by atoms with Crippen LogP contribution in [0, 0.1) is 0 Å². The zero-order valence-corrected chi connectivity index (χ0v) is 21.1. The lowest BCUT2D eigenvalue weighted by atomic mass is 10.0. The third kappa shape index (κ3) is 5.73. The number of halogens is 1. The maximum atomic E-state index is 13.0. The average molecular weight is 499 g/mol. The number of sulfonamides is 1. The van der Waals surface area contributed by atoms with E-state index in [0.717, 1.165) is 37.4 Å². The van der Waals surface area contributed by atoms with Crippen LogP contribution in [-0.4, -0.2) is 60.1 Å². The van der Waals surface area contributed by atoms with Gasteiger partial charge >= 0.3 is 0 Å². The molecule has 1 heterocycles. The monoisotopic (exact) mass is 498 g/mol. The van der Waals surface area contributed by atoms with Gasteiger partial charge in [0.2, 0.25) is 10.0 Å². The summed E-state index contributed by atoms with van der Waals surface area (Å²) in [6, 6.07) is 25.2. The van der Waals surface area contributed by atoms with Gasteiger partial charge in [-0.05, 0) is 42.0 Å². The van der Waals surface area contributed by atoms with Crippen molar-refractivity contribution in [3.05, 3.63) is 89.4 Å². The average Bonchev–Trinajstić information content (AvgIpc) is 2.85. The summed E-state index contributed by atoms with van der Waals surface area (Å²) in [4.78, 5) is 6.89. The topological polar surface area (TPSA) is 55.9 Å². The number of piperazine rings is 1. The van der Waals surface area contributed by atoms with Gasteiger partial charge in [0.05, 0.1) is 5.02 Å². The first-order chi connectivity index (χ1) is 16.3. The molecule has 8 heteroatoms. The van der Waals surface area contributed by atoms with Crippen molar-refractivity contribution in [1.82, 2.24) is 9.62 Å². The molecule has 0 saturated carbocycles. The Balaban J connectivity index is 1.53. The molecule has 3 aromatic carbocycles. The van der Waals surface area contributed by atoms with Crippen molar-refractivity contribution in [2.24, 2.45) is 0 Å². The van der Waals surface area contributed by atoms with Crippen LogP contribution in [0.5, 0.6) is 0 Å². The Kier molecular flexibility index (Phi) is 7.78. The molecule has 0 spiro atoms. The molecule has 3 aromatic rings. The Morgan fingerprint density at radius 2 is 1.50 bits per heavy atom. The molecular formula is C26H31ClN4O2S. The van der Waals surface area contributed by atoms with E-state index in [1.165, 1.54) is 11.8 Å². The van der Waals surface area contributed by atoms with E-state index in [1.54, 1.807) is 18.2 Å². The highest BCUT2D eigenvalue weighted by Crippen LogP contribution is 2.27. The smallest absolute Gasteiger partial charge is 0.242 e. The zero-order chi connectivity index (χ0) is 24.1. The molecule has 1 aliphatic rings. The van der Waals surface area contributed by atoms with Gasteiger partial charge in [-0.25, -0.2) is 13.1 Å². The number of para-hydroxylation sites is 1. The number of nitrogens with one attached hydrogen (secondary N) is 1. The molecule has 1 saturated heterocycles. The summed E-state index contributed by atoms with van der Waals surface area (Å²) in [6.07, 6.45) is 0. The third-order valence-electron chi connectivity index (χ3n) is 6.26. The normalized spacial score (nSPS) is 15.8. The molecule has 1 atom stereocenters. The summed E-state index contributed by atoms with van der Waals surface area (Å²) >= 11 is 6.17. The van der Waals surface area contributed by atoms with E-state index in [4.69, 9.17) is 11.6 Å². The Morgan fingerprint density at radius 1 is 0.882 bits per heavy atom. The SMILES string of the molecule is CN(C)c1ccc([C@H](CNS(=O)(=O)c2ccccc2Cl)N2CCN(c3ccccc3)CC2)cc1. The second-order valence-electron chi connectivity index (χ2n) is 8.64. The van der Waals surface area contributed by atoms with Crippen molar-refractivity contribution in [3.8, 4) is 0 Å². The standard InChI is InChI=1S/C26H31ClN4O2S/c1-29(2)22-14-12-21(13-15-22)25(20-28-34(32,33)26-11-7-6-10-24(26)27)31-18-16-30(17-19-31)23-8-4-3-5-9-23/h3-15,25,28H,16-20H2,1-2H3/t25-/m0/s1. The molecule has 4 rings (SSSR count). The molecule has 0 bridgehead atoms. The number of hydrogen-bond donors (Lipinski definition) is 1. The van der Waals surface area contributed by atoms with Gasteiger partial charge in [-0.3, -0.25) is 4.90 Å². The second-order valence-corrected chi connectivity index (χ2v) is 10.8. The summed E-state index contributed by atoms with van der Waals surface area (Å²) in [5.41, 5.74) is 3.40. The molecule has 0 radical (unpaired) electrons. The van der Waals surface area contributed by atoms with Crippen LogP contribution >= 0.6 is 11.6 Å². The van der Waals surface area contributed by atoms with Crippen LogP contribution < -0.4 is 14.5 Å². The van der Waals surface area contributed by atoms with Gasteiger partial charge < -0.3 is 9.80 Å². The number of rotatable bonds is 8. The van der Waals surface area contributed by atoms with Crippen molar-refractivity contribution in [2.75, 3.05) is 56.6 Å². The molecule has 6 nitrogen and oxygen atoms in total. The number of anilines is 2. The zero-order valence-electron chi connectivity index (χ0n) is 19.6. The molecule has 0 amide bonds. The Morgan fingerprint density at radius 3 is 2.12 bits per heavy atom. The fourth-order valence-corrected chi connectivity index (χ4v) is 5.87. The van der Waals surface area contributed by atoms with Crippen LogP contribution in [0.3, 0.4) is 0 Å². The van der Waals surface area contributed by atoms with Crippen LogP contribution in [0.2, 0.25) is 5.02 Å². The third-order valence-corrected chi connectivity index (χ3v) is 8.19. The molecule has 34 heavy (non-hydrogen) atoms. The van der Waals surface area contributed by atoms with Gasteiger partial charge in [0.25, 0.3) is 0 Å². The fraction of sp³-hybridized carbons (Fsp3) is 0.308. The van der Waals surface area contributed by atoms with Gasteiger partial charge in [-0.2, -0.15) is 0 Å². The summed E-state index contributed by atoms with van der Waals surface area (Å²) in [6.45, 7) is 3.70. The van der Waals surface area contributed by atoms with Crippen molar-refractivity contribution in [2.45, 2.75) is 10.9 Å². The highest BCUT2D eigenvalue weighted by Gasteiger charge is 2.27. The van der Waals surface area contributed by atoms with Crippen molar-refractivity contribution in [3.63, 3.8) is 0 Å². The van der Waals surface area contributed by atoms with Crippen LogP contribution in [0.25, 0.3) is 0 Å². The first-order valence-corrected chi connectivity index (χ1v) is 13.3. The van der Waals surface area contributed by atoms with Gasteiger partial charge in [-0.15, -0.1) is 0 Å². The first-order valence-electron chi connectivity index (χ1n) is 11.4. The quantitative estimate of drug-likeness (QED) is 0.503. The predicted octanol–water partition coefficient (Wildman–Crippen LogP) is 4.25. The Hall–Kier alpha value is -2.58. The van der Waals surface area contributed by atoms with Crippen LogP contribution in [0.1, 0.15) is 11.6 Å². The van der Waals surface area contributed by atoms with E-state index in [2.05, 4.69) is 68.0 Å². The van der Waals surface area contributed by atoms with Crippen molar-refractivity contribution >= 4 is 33.0 Å². The lowest BCUT2D eigenvalue weighted by Crippen LogP contribution is -2.49. The van der Waals surface area contributed by atoms with Gasteiger partial charge in [-0.1, -0.05) is 54.1 Å². The largest absolute Gasteiger partial charge is 0.378 e. The minimum atomic E-state index is -3.74. The van der Waals surface area contributed by atoms with Crippen LogP contribution in [0.15, 0.2) is 83.8 Å². The minimum absolute atomic E-state index is 0.0913. The molecule has 0 unspecified atom stereocenters. The summed E-state index contributed by atoms with van der Waals surface area (Å²) in [5, 5.41) is 0.221. The van der Waals surface area contributed by atoms with E-state index in [9.17, 15) is 8.42 Å². The van der Waals surface area contributed by atoms with Crippen molar-refractivity contribution in [1.29, 1.82) is 0 Å². The second kappa shape index (κ2) is 10.8. The van der Waals surface area contributed by atoms with E-state index in [1.807, 2.05) is 20.2 Å². The lowest BCUT2D eigenvalue weighted by Gasteiger charge is -2.40. The fourth-order valence-electron chi connectivity index (χ4n) is 4.31. The molecular weight excluding hydrogens is 468 g/mol. The van der Waals surface area contributed by atoms with E-state index >= 15 is 0 Å². The van der Waals surface area contributed by atoms with Crippen LogP contribution in [0.4, 0.5) is 11.4 Å². The summed E-state index contributed by atoms with van der Waals surface area (Å²) in [7, 11) is 0.279. The molecule has 0 aliphatic carbocycles. The van der Waals surface area contributed by atoms with Crippen molar-refractivity contribution < 1.29 is 8.42 Å². The number of nitrogens with zero attached hydrogens (tertiary/aromatic N) is 3. The summed E-state index contributed by atoms with van der Waals surface area (Å²) < 4.78 is 28.9. The Bertz CT molecular complexity index is 1180. The molecule has 0 aromatic heterocycles. The number of benzene rings is 3. The molecule has 1 fully saturated rings. The van der Waals surface area contributed by atoms with Crippen LogP contribution in [-0.2, 0) is 10.0 Å². The predicted molar refractivity (Wildman–Crippen MR) is 140 cm³/mol. The van der Waals surface area contributed by atoms with Gasteiger partial charge in [0, 0.05) is 64.2 Å². The maximum Gasteiger partial charge on any atom is 0.242 e. The highest BCUT2D eigenvalue weighted by atomic mass is 35.5. The lowest BCUT2D eigenvalue weighted by molar-refractivity contribution is 0.187. The maximum absolute atomic E-state index is 13.0. The molecule has 1 N–H and O–H groups in total. The minimum Gasteiger partial charge on any atom is -0.378 e. The first kappa shape index (κ1) is 24.5. The molecule has 180 valence electrons. The Labute approximate surface area is 207 Å². The summed E-state index contributed by atoms with van der Waals surface area (Å²) in [5.74, 6) is 0. The van der Waals surface area contributed by atoms with E-state index in [-0.39, 0.29) is 22.5 Å². The molecule has 1 aliphatic heterocycles.